The Morgan fingerprint density at radius 3 is 2.24 bits per heavy atom. The highest BCUT2D eigenvalue weighted by Gasteiger charge is 2.50. The predicted octanol–water partition coefficient (Wildman–Crippen LogP) is 4.93. The van der Waals surface area contributed by atoms with Gasteiger partial charge in [0.2, 0.25) is 0 Å². The van der Waals surface area contributed by atoms with Crippen LogP contribution in [-0.4, -0.2) is 18.8 Å². The molecule has 0 saturated heterocycles. The van der Waals surface area contributed by atoms with E-state index in [1.165, 1.54) is 44.1 Å². The first-order chi connectivity index (χ1) is 12.2. The summed E-state index contributed by atoms with van der Waals surface area (Å²) in [6, 6.07) is 6.44. The SMILES string of the molecule is CCCOc1ccc(CNC23CC4CC(CC(C4)C2)C3)cc1OCC. The maximum Gasteiger partial charge on any atom is 0.161 e. The zero-order valence-corrected chi connectivity index (χ0v) is 15.9. The largest absolute Gasteiger partial charge is 0.490 e. The number of hydrogen-bond donors (Lipinski definition) is 1. The summed E-state index contributed by atoms with van der Waals surface area (Å²) in [5, 5.41) is 3.98. The van der Waals surface area contributed by atoms with E-state index < -0.39 is 0 Å². The third kappa shape index (κ3) is 3.67. The van der Waals surface area contributed by atoms with Gasteiger partial charge >= 0.3 is 0 Å². The van der Waals surface area contributed by atoms with Crippen LogP contribution < -0.4 is 14.8 Å². The molecule has 4 saturated carbocycles. The molecule has 0 amide bonds. The van der Waals surface area contributed by atoms with Crippen LogP contribution in [0.2, 0.25) is 0 Å². The molecule has 1 N–H and O–H groups in total. The lowest BCUT2D eigenvalue weighted by molar-refractivity contribution is -0.0206. The van der Waals surface area contributed by atoms with Crippen molar-refractivity contribution >= 4 is 0 Å². The average molecular weight is 344 g/mol. The molecular weight excluding hydrogens is 310 g/mol. The third-order valence-electron chi connectivity index (χ3n) is 6.48. The molecule has 0 aliphatic heterocycles. The summed E-state index contributed by atoms with van der Waals surface area (Å²) in [6.07, 6.45) is 9.70. The highest BCUT2D eigenvalue weighted by atomic mass is 16.5. The van der Waals surface area contributed by atoms with Crippen LogP contribution in [0.3, 0.4) is 0 Å². The van der Waals surface area contributed by atoms with Gasteiger partial charge in [-0.15, -0.1) is 0 Å². The van der Waals surface area contributed by atoms with Crippen molar-refractivity contribution in [2.24, 2.45) is 17.8 Å². The molecule has 0 heterocycles. The minimum Gasteiger partial charge on any atom is -0.490 e. The van der Waals surface area contributed by atoms with E-state index in [1.54, 1.807) is 0 Å². The van der Waals surface area contributed by atoms with E-state index >= 15 is 0 Å². The standard InChI is InChI=1S/C22H33NO2/c1-3-7-25-20-6-5-16(11-21(20)24-4-2)15-23-22-12-17-8-18(13-22)10-19(9-17)14-22/h5-6,11,17-19,23H,3-4,7-10,12-15H2,1-2H3. The van der Waals surface area contributed by atoms with Crippen LogP contribution in [0.4, 0.5) is 0 Å². The second kappa shape index (κ2) is 7.19. The van der Waals surface area contributed by atoms with Crippen molar-refractivity contribution < 1.29 is 9.47 Å². The molecule has 0 atom stereocenters. The Bertz CT molecular complexity index is 562. The molecule has 0 unspecified atom stereocenters. The Hall–Kier alpha value is -1.22. The Morgan fingerprint density at radius 1 is 0.960 bits per heavy atom. The molecule has 1 aromatic rings. The summed E-state index contributed by atoms with van der Waals surface area (Å²) in [6.45, 7) is 6.52. The topological polar surface area (TPSA) is 30.5 Å². The second-order valence-corrected chi connectivity index (χ2v) is 8.61. The molecule has 1 aromatic carbocycles. The van der Waals surface area contributed by atoms with E-state index in [1.807, 2.05) is 6.92 Å². The molecule has 0 radical (unpaired) electrons. The van der Waals surface area contributed by atoms with Gasteiger partial charge in [-0.3, -0.25) is 0 Å². The molecule has 4 aliphatic carbocycles. The lowest BCUT2D eigenvalue weighted by atomic mass is 9.53. The summed E-state index contributed by atoms with van der Waals surface area (Å²) in [5.74, 6) is 4.73. The van der Waals surface area contributed by atoms with E-state index in [0.717, 1.165) is 48.8 Å². The quantitative estimate of drug-likeness (QED) is 0.726. The number of rotatable bonds is 8. The minimum absolute atomic E-state index is 0.415. The number of nitrogens with one attached hydrogen (secondary N) is 1. The van der Waals surface area contributed by atoms with Gasteiger partial charge in [-0.25, -0.2) is 0 Å². The second-order valence-electron chi connectivity index (χ2n) is 8.61. The van der Waals surface area contributed by atoms with Crippen molar-refractivity contribution in [1.82, 2.24) is 5.32 Å². The van der Waals surface area contributed by atoms with Crippen molar-refractivity contribution in [3.63, 3.8) is 0 Å². The fourth-order valence-corrected chi connectivity index (χ4v) is 5.88. The molecule has 3 heteroatoms. The Morgan fingerprint density at radius 2 is 1.64 bits per heavy atom. The smallest absolute Gasteiger partial charge is 0.161 e. The van der Waals surface area contributed by atoms with Gasteiger partial charge in [-0.1, -0.05) is 13.0 Å². The Labute approximate surface area is 152 Å². The maximum atomic E-state index is 5.83. The van der Waals surface area contributed by atoms with Gasteiger partial charge in [-0.05, 0) is 87.3 Å². The van der Waals surface area contributed by atoms with Gasteiger partial charge < -0.3 is 14.8 Å². The summed E-state index contributed by atoms with van der Waals surface area (Å²) < 4.78 is 11.6. The van der Waals surface area contributed by atoms with Crippen molar-refractivity contribution in [2.75, 3.05) is 13.2 Å². The highest BCUT2D eigenvalue weighted by Crippen LogP contribution is 2.55. The van der Waals surface area contributed by atoms with Gasteiger partial charge in [-0.2, -0.15) is 0 Å². The van der Waals surface area contributed by atoms with Crippen LogP contribution >= 0.6 is 0 Å². The van der Waals surface area contributed by atoms with Crippen LogP contribution in [0.5, 0.6) is 11.5 Å². The van der Waals surface area contributed by atoms with Gasteiger partial charge in [0, 0.05) is 12.1 Å². The number of ether oxygens (including phenoxy) is 2. The van der Waals surface area contributed by atoms with Crippen LogP contribution in [0.25, 0.3) is 0 Å². The molecule has 4 aliphatic rings. The lowest BCUT2D eigenvalue weighted by Crippen LogP contribution is -2.58. The van der Waals surface area contributed by atoms with Crippen LogP contribution in [0.1, 0.15) is 64.4 Å². The molecule has 4 bridgehead atoms. The molecule has 0 spiro atoms. The number of hydrogen-bond acceptors (Lipinski definition) is 3. The molecule has 4 fully saturated rings. The average Bonchev–Trinajstić information content (AvgIpc) is 2.58. The summed E-state index contributed by atoms with van der Waals surface area (Å²) in [5.41, 5.74) is 1.72. The van der Waals surface area contributed by atoms with Crippen molar-refractivity contribution in [3.8, 4) is 11.5 Å². The fraction of sp³-hybridized carbons (Fsp3) is 0.727. The van der Waals surface area contributed by atoms with E-state index in [4.69, 9.17) is 9.47 Å². The molecule has 5 rings (SSSR count). The first-order valence-corrected chi connectivity index (χ1v) is 10.3. The molecule has 25 heavy (non-hydrogen) atoms. The normalized spacial score (nSPS) is 32.8. The Balaban J connectivity index is 1.43. The van der Waals surface area contributed by atoms with Crippen molar-refractivity contribution in [3.05, 3.63) is 23.8 Å². The van der Waals surface area contributed by atoms with Crippen LogP contribution in [-0.2, 0) is 6.54 Å². The Kier molecular flexibility index (Phi) is 4.95. The first kappa shape index (κ1) is 17.2. The monoisotopic (exact) mass is 343 g/mol. The van der Waals surface area contributed by atoms with E-state index in [2.05, 4.69) is 30.4 Å². The van der Waals surface area contributed by atoms with E-state index in [9.17, 15) is 0 Å². The molecule has 0 aromatic heterocycles. The van der Waals surface area contributed by atoms with Crippen molar-refractivity contribution in [1.29, 1.82) is 0 Å². The summed E-state index contributed by atoms with van der Waals surface area (Å²) in [4.78, 5) is 0. The third-order valence-corrected chi connectivity index (χ3v) is 6.48. The maximum absolute atomic E-state index is 5.83. The summed E-state index contributed by atoms with van der Waals surface area (Å²) >= 11 is 0. The van der Waals surface area contributed by atoms with E-state index in [0.29, 0.717) is 12.1 Å². The van der Waals surface area contributed by atoms with Crippen molar-refractivity contribution in [2.45, 2.75) is 70.9 Å². The van der Waals surface area contributed by atoms with Crippen LogP contribution in [0.15, 0.2) is 18.2 Å². The first-order valence-electron chi connectivity index (χ1n) is 10.3. The highest BCUT2D eigenvalue weighted by molar-refractivity contribution is 5.43. The molecule has 3 nitrogen and oxygen atoms in total. The van der Waals surface area contributed by atoms with Crippen LogP contribution in [0, 0.1) is 17.8 Å². The summed E-state index contributed by atoms with van der Waals surface area (Å²) in [7, 11) is 0. The van der Waals surface area contributed by atoms with Gasteiger partial charge in [0.1, 0.15) is 0 Å². The number of benzene rings is 1. The molecule has 138 valence electrons. The van der Waals surface area contributed by atoms with Gasteiger partial charge in [0.15, 0.2) is 11.5 Å². The zero-order chi connectivity index (χ0) is 17.3. The zero-order valence-electron chi connectivity index (χ0n) is 15.9. The molecular formula is C22H33NO2. The predicted molar refractivity (Wildman–Crippen MR) is 101 cm³/mol. The minimum atomic E-state index is 0.415. The van der Waals surface area contributed by atoms with Gasteiger partial charge in [0.05, 0.1) is 13.2 Å². The van der Waals surface area contributed by atoms with Gasteiger partial charge in [0.25, 0.3) is 0 Å². The fourth-order valence-electron chi connectivity index (χ4n) is 5.88. The lowest BCUT2D eigenvalue weighted by Gasteiger charge is -2.57. The van der Waals surface area contributed by atoms with E-state index in [-0.39, 0.29) is 0 Å².